The summed E-state index contributed by atoms with van der Waals surface area (Å²) < 4.78 is 11.3. The first-order valence-electron chi connectivity index (χ1n) is 9.34. The fourth-order valence-electron chi connectivity index (χ4n) is 2.79. The molecule has 0 bridgehead atoms. The van der Waals surface area contributed by atoms with E-state index in [1.165, 1.54) is 0 Å². The van der Waals surface area contributed by atoms with E-state index >= 15 is 0 Å². The number of carbonyl (C=O) groups is 1. The lowest BCUT2D eigenvalue weighted by molar-refractivity contribution is -0.118. The number of carbonyl (C=O) groups excluding carboxylic acids is 1. The Balaban J connectivity index is 1.23. The minimum absolute atomic E-state index is 0.147. The lowest BCUT2D eigenvalue weighted by atomic mass is 10.1. The van der Waals surface area contributed by atoms with Gasteiger partial charge in [0.25, 0.3) is 11.1 Å². The van der Waals surface area contributed by atoms with Crippen LogP contribution < -0.4 is 10.1 Å². The molecule has 0 aliphatic rings. The van der Waals surface area contributed by atoms with Crippen molar-refractivity contribution in [1.82, 2.24) is 15.5 Å². The molecule has 0 aliphatic carbocycles. The molecule has 0 radical (unpaired) electrons. The fraction of sp³-hybridized carbons (Fsp3) is 0.136. The van der Waals surface area contributed by atoms with E-state index in [0.717, 1.165) is 28.1 Å². The Morgan fingerprint density at radius 3 is 2.68 bits per heavy atom. The molecule has 31 heavy (non-hydrogen) atoms. The highest BCUT2D eigenvalue weighted by Crippen LogP contribution is 2.23. The van der Waals surface area contributed by atoms with Gasteiger partial charge in [0, 0.05) is 6.54 Å². The first-order chi connectivity index (χ1) is 15.1. The van der Waals surface area contributed by atoms with Gasteiger partial charge in [-0.15, -0.1) is 10.2 Å². The second-order valence-corrected chi connectivity index (χ2v) is 8.31. The topological polar surface area (TPSA) is 77.2 Å². The van der Waals surface area contributed by atoms with Crippen molar-refractivity contribution < 1.29 is 13.9 Å². The summed E-state index contributed by atoms with van der Waals surface area (Å²) >= 11 is 13.0. The molecule has 158 valence electrons. The molecule has 0 aliphatic heterocycles. The van der Waals surface area contributed by atoms with Crippen molar-refractivity contribution in [3.8, 4) is 5.75 Å². The van der Waals surface area contributed by atoms with Crippen molar-refractivity contribution >= 4 is 51.6 Å². The summed E-state index contributed by atoms with van der Waals surface area (Å²) in [4.78, 5) is 12.1. The number of nitrogens with zero attached hydrogens (tertiary/aromatic N) is 2. The van der Waals surface area contributed by atoms with Crippen LogP contribution in [0.15, 0.2) is 70.3 Å². The number of hydrogen-bond donors (Lipinski definition) is 1. The Hall–Kier alpha value is -2.74. The van der Waals surface area contributed by atoms with Crippen LogP contribution in [0.1, 0.15) is 11.5 Å². The third kappa shape index (κ3) is 5.91. The summed E-state index contributed by atoms with van der Waals surface area (Å²) in [5.41, 5.74) is 0.860. The van der Waals surface area contributed by atoms with Crippen LogP contribution in [0.4, 0.5) is 0 Å². The Bertz CT molecular complexity index is 1220. The van der Waals surface area contributed by atoms with Crippen LogP contribution >= 0.6 is 35.0 Å². The number of halogens is 2. The third-order valence-corrected chi connectivity index (χ3v) is 5.89. The standard InChI is InChI=1S/C22H17Cl2N3O3S/c23-18-8-5-14(9-19(18)24)11-25-20(28)13-31-22-27-26-21(30-22)12-29-17-7-6-15-3-1-2-4-16(15)10-17/h1-10H,11-13H2,(H,25,28). The smallest absolute Gasteiger partial charge is 0.277 e. The Morgan fingerprint density at radius 2 is 1.84 bits per heavy atom. The van der Waals surface area contributed by atoms with Crippen molar-refractivity contribution in [3.05, 3.63) is 82.2 Å². The molecule has 0 spiro atoms. The molecule has 3 aromatic carbocycles. The molecule has 9 heteroatoms. The number of nitrogens with one attached hydrogen (secondary N) is 1. The Labute approximate surface area is 192 Å². The van der Waals surface area contributed by atoms with Gasteiger partial charge in [0.15, 0.2) is 6.61 Å². The normalized spacial score (nSPS) is 10.9. The SMILES string of the molecule is O=C(CSc1nnc(COc2ccc3ccccc3c2)o1)NCc1ccc(Cl)c(Cl)c1. The molecule has 4 aromatic rings. The van der Waals surface area contributed by atoms with Gasteiger partial charge in [0.2, 0.25) is 5.91 Å². The van der Waals surface area contributed by atoms with Gasteiger partial charge >= 0.3 is 0 Å². The monoisotopic (exact) mass is 473 g/mol. The number of benzene rings is 3. The molecule has 0 fully saturated rings. The highest BCUT2D eigenvalue weighted by Gasteiger charge is 2.11. The van der Waals surface area contributed by atoms with E-state index < -0.39 is 0 Å². The second kappa shape index (κ2) is 10.0. The summed E-state index contributed by atoms with van der Waals surface area (Å²) in [5.74, 6) is 1.04. The van der Waals surface area contributed by atoms with Crippen LogP contribution in [-0.2, 0) is 17.9 Å². The fourth-order valence-corrected chi connectivity index (χ4v) is 3.72. The van der Waals surface area contributed by atoms with Crippen molar-refractivity contribution in [2.24, 2.45) is 0 Å². The maximum absolute atomic E-state index is 12.1. The predicted octanol–water partition coefficient (Wildman–Crippen LogP) is 5.52. The zero-order valence-electron chi connectivity index (χ0n) is 16.2. The van der Waals surface area contributed by atoms with E-state index in [2.05, 4.69) is 15.5 Å². The molecule has 0 saturated carbocycles. The highest BCUT2D eigenvalue weighted by atomic mass is 35.5. The molecule has 1 N–H and O–H groups in total. The molecule has 4 rings (SSSR count). The number of amides is 1. The zero-order chi connectivity index (χ0) is 21.6. The van der Waals surface area contributed by atoms with Gasteiger partial charge < -0.3 is 14.5 Å². The molecule has 1 amide bonds. The lowest BCUT2D eigenvalue weighted by Gasteiger charge is -2.05. The number of rotatable bonds is 8. The summed E-state index contributed by atoms with van der Waals surface area (Å²) in [7, 11) is 0. The molecule has 0 saturated heterocycles. The average Bonchev–Trinajstić information content (AvgIpc) is 3.25. The quantitative estimate of drug-likeness (QED) is 0.339. The summed E-state index contributed by atoms with van der Waals surface area (Å²) in [5, 5.41) is 14.2. The van der Waals surface area contributed by atoms with Crippen LogP contribution in [0, 0.1) is 0 Å². The first-order valence-corrected chi connectivity index (χ1v) is 11.1. The van der Waals surface area contributed by atoms with Crippen LogP contribution in [0.5, 0.6) is 5.75 Å². The molecule has 0 unspecified atom stereocenters. The van der Waals surface area contributed by atoms with Crippen LogP contribution in [-0.4, -0.2) is 21.9 Å². The van der Waals surface area contributed by atoms with Crippen molar-refractivity contribution in [3.63, 3.8) is 0 Å². The van der Waals surface area contributed by atoms with Gasteiger partial charge in [-0.25, -0.2) is 0 Å². The van der Waals surface area contributed by atoms with Crippen LogP contribution in [0.2, 0.25) is 10.0 Å². The highest BCUT2D eigenvalue weighted by molar-refractivity contribution is 7.99. The van der Waals surface area contributed by atoms with Crippen molar-refractivity contribution in [2.45, 2.75) is 18.4 Å². The predicted molar refractivity (Wildman–Crippen MR) is 122 cm³/mol. The largest absolute Gasteiger partial charge is 0.484 e. The van der Waals surface area contributed by atoms with Gasteiger partial charge in [-0.2, -0.15) is 0 Å². The van der Waals surface area contributed by atoms with E-state index in [1.807, 2.05) is 48.5 Å². The Morgan fingerprint density at radius 1 is 1.00 bits per heavy atom. The molecular formula is C22H17Cl2N3O3S. The summed E-state index contributed by atoms with van der Waals surface area (Å²) in [6.07, 6.45) is 0. The van der Waals surface area contributed by atoms with Crippen molar-refractivity contribution in [2.75, 3.05) is 5.75 Å². The number of aromatic nitrogens is 2. The maximum atomic E-state index is 12.1. The van der Waals surface area contributed by atoms with Gasteiger partial charge in [0.05, 0.1) is 15.8 Å². The van der Waals surface area contributed by atoms with E-state index in [9.17, 15) is 4.79 Å². The number of fused-ring (bicyclic) bond motifs is 1. The van der Waals surface area contributed by atoms with Crippen LogP contribution in [0.25, 0.3) is 10.8 Å². The van der Waals surface area contributed by atoms with Gasteiger partial charge in [-0.05, 0) is 40.6 Å². The molecule has 1 heterocycles. The van der Waals surface area contributed by atoms with E-state index in [-0.39, 0.29) is 18.3 Å². The summed E-state index contributed by atoms with van der Waals surface area (Å²) in [6, 6.07) is 19.1. The number of hydrogen-bond acceptors (Lipinski definition) is 6. The van der Waals surface area contributed by atoms with Crippen LogP contribution in [0.3, 0.4) is 0 Å². The van der Waals surface area contributed by atoms with Crippen molar-refractivity contribution in [1.29, 1.82) is 0 Å². The number of thioether (sulfide) groups is 1. The maximum Gasteiger partial charge on any atom is 0.277 e. The van der Waals surface area contributed by atoms with E-state index in [4.69, 9.17) is 32.4 Å². The molecule has 6 nitrogen and oxygen atoms in total. The summed E-state index contributed by atoms with van der Waals surface area (Å²) in [6.45, 7) is 0.500. The molecule has 0 atom stereocenters. The van der Waals surface area contributed by atoms with Gasteiger partial charge in [-0.1, -0.05) is 71.4 Å². The van der Waals surface area contributed by atoms with Gasteiger partial charge in [0.1, 0.15) is 5.75 Å². The minimum Gasteiger partial charge on any atom is -0.484 e. The molecule has 1 aromatic heterocycles. The zero-order valence-corrected chi connectivity index (χ0v) is 18.5. The second-order valence-electron chi connectivity index (χ2n) is 6.57. The van der Waals surface area contributed by atoms with E-state index in [1.54, 1.807) is 12.1 Å². The Kier molecular flexibility index (Phi) is 6.96. The number of ether oxygens (including phenoxy) is 1. The minimum atomic E-state index is -0.164. The lowest BCUT2D eigenvalue weighted by Crippen LogP contribution is -2.24. The first kappa shape index (κ1) is 21.5. The third-order valence-electron chi connectivity index (χ3n) is 4.33. The molecular weight excluding hydrogens is 457 g/mol. The van der Waals surface area contributed by atoms with E-state index in [0.29, 0.717) is 33.5 Å². The average molecular weight is 474 g/mol. The van der Waals surface area contributed by atoms with Gasteiger partial charge in [-0.3, -0.25) is 4.79 Å².